The van der Waals surface area contributed by atoms with Crippen LogP contribution in [0.25, 0.3) is 0 Å². The number of aryl methyl sites for hydroxylation is 1. The third kappa shape index (κ3) is 3.34. The normalized spacial score (nSPS) is 10.1. The molecule has 1 aromatic rings. The second-order valence-electron chi connectivity index (χ2n) is 3.01. The minimum Gasteiger partial charge on any atom is -0.330 e. The number of hydrogen-bond donors (Lipinski definition) is 2. The lowest BCUT2D eigenvalue weighted by Gasteiger charge is -2.09. The number of hydrogen-bond acceptors (Lipinski definition) is 3. The average molecular weight is 248 g/mol. The van der Waals surface area contributed by atoms with Crippen LogP contribution in [0.4, 0.5) is 5.69 Å². The van der Waals surface area contributed by atoms with Crippen LogP contribution in [0.15, 0.2) is 6.07 Å². The molecule has 0 aliphatic carbocycles. The van der Waals surface area contributed by atoms with Crippen molar-refractivity contribution in [3.05, 3.63) is 21.9 Å². The third-order valence-electron chi connectivity index (χ3n) is 1.78. The molecule has 0 unspecified atom stereocenters. The van der Waals surface area contributed by atoms with Crippen molar-refractivity contribution in [1.29, 1.82) is 0 Å². The van der Waals surface area contributed by atoms with Gasteiger partial charge in [0.05, 0.1) is 5.69 Å². The summed E-state index contributed by atoms with van der Waals surface area (Å²) in [6, 6.07) is 1.63. The molecule has 0 saturated carbocycles. The van der Waals surface area contributed by atoms with Gasteiger partial charge in [0.1, 0.15) is 5.15 Å². The van der Waals surface area contributed by atoms with Gasteiger partial charge in [-0.2, -0.15) is 0 Å². The Morgan fingerprint density at radius 3 is 2.80 bits per heavy atom. The molecule has 15 heavy (non-hydrogen) atoms. The van der Waals surface area contributed by atoms with Gasteiger partial charge >= 0.3 is 0 Å². The fourth-order valence-corrected chi connectivity index (χ4v) is 1.66. The lowest BCUT2D eigenvalue weighted by Crippen LogP contribution is -2.17. The van der Waals surface area contributed by atoms with E-state index in [9.17, 15) is 4.79 Å². The van der Waals surface area contributed by atoms with Crippen LogP contribution >= 0.6 is 23.2 Å². The van der Waals surface area contributed by atoms with Crippen LogP contribution in [0.1, 0.15) is 12.0 Å². The maximum Gasteiger partial charge on any atom is 0.225 e. The van der Waals surface area contributed by atoms with E-state index in [1.807, 2.05) is 0 Å². The summed E-state index contributed by atoms with van der Waals surface area (Å²) >= 11 is 11.5. The quantitative estimate of drug-likeness (QED) is 0.803. The van der Waals surface area contributed by atoms with Crippen LogP contribution < -0.4 is 11.1 Å². The number of nitrogens with zero attached hydrogens (tertiary/aromatic N) is 1. The number of carbonyl (C=O) groups excluding carboxylic acids is 1. The van der Waals surface area contributed by atoms with E-state index >= 15 is 0 Å². The SMILES string of the molecule is Cc1cc(Cl)nc(Cl)c1NC(=O)CCN. The van der Waals surface area contributed by atoms with E-state index in [2.05, 4.69) is 10.3 Å². The largest absolute Gasteiger partial charge is 0.330 e. The molecular weight excluding hydrogens is 237 g/mol. The van der Waals surface area contributed by atoms with Crippen molar-refractivity contribution in [1.82, 2.24) is 4.98 Å². The molecule has 0 spiro atoms. The summed E-state index contributed by atoms with van der Waals surface area (Å²) in [5, 5.41) is 3.12. The molecule has 0 radical (unpaired) electrons. The predicted octanol–water partition coefficient (Wildman–Crippen LogP) is 1.98. The van der Waals surface area contributed by atoms with Gasteiger partial charge < -0.3 is 11.1 Å². The van der Waals surface area contributed by atoms with Crippen molar-refractivity contribution in [2.24, 2.45) is 5.73 Å². The predicted molar refractivity (Wildman–Crippen MR) is 61.3 cm³/mol. The Balaban J connectivity index is 2.90. The first-order valence-electron chi connectivity index (χ1n) is 4.37. The smallest absolute Gasteiger partial charge is 0.225 e. The van der Waals surface area contributed by atoms with Gasteiger partial charge in [0, 0.05) is 13.0 Å². The molecule has 4 nitrogen and oxygen atoms in total. The fraction of sp³-hybridized carbons (Fsp3) is 0.333. The van der Waals surface area contributed by atoms with Gasteiger partial charge in [-0.3, -0.25) is 4.79 Å². The molecule has 1 rings (SSSR count). The van der Waals surface area contributed by atoms with Crippen LogP contribution in [0.3, 0.4) is 0 Å². The van der Waals surface area contributed by atoms with Crippen LogP contribution in [-0.2, 0) is 4.79 Å². The lowest BCUT2D eigenvalue weighted by molar-refractivity contribution is -0.116. The van der Waals surface area contributed by atoms with Gasteiger partial charge in [0.15, 0.2) is 5.15 Å². The van der Waals surface area contributed by atoms with Crippen molar-refractivity contribution in [3.8, 4) is 0 Å². The van der Waals surface area contributed by atoms with E-state index in [-0.39, 0.29) is 17.5 Å². The number of aromatic nitrogens is 1. The standard InChI is InChI=1S/C9H11Cl2N3O/c1-5-4-6(10)13-9(11)8(5)14-7(15)2-3-12/h4H,2-3,12H2,1H3,(H,14,15). The van der Waals surface area contributed by atoms with E-state index in [4.69, 9.17) is 28.9 Å². The van der Waals surface area contributed by atoms with Gasteiger partial charge in [0.2, 0.25) is 5.91 Å². The number of pyridine rings is 1. The topological polar surface area (TPSA) is 68.0 Å². The van der Waals surface area contributed by atoms with E-state index in [1.54, 1.807) is 13.0 Å². The van der Waals surface area contributed by atoms with E-state index in [0.29, 0.717) is 17.4 Å². The number of nitrogens with one attached hydrogen (secondary N) is 1. The van der Waals surface area contributed by atoms with Crippen molar-refractivity contribution in [2.75, 3.05) is 11.9 Å². The van der Waals surface area contributed by atoms with Gasteiger partial charge in [-0.1, -0.05) is 23.2 Å². The Labute approximate surface area is 97.8 Å². The summed E-state index contributed by atoms with van der Waals surface area (Å²) in [7, 11) is 0. The molecule has 3 N–H and O–H groups in total. The maximum absolute atomic E-state index is 11.3. The molecule has 82 valence electrons. The highest BCUT2D eigenvalue weighted by molar-refractivity contribution is 6.34. The number of halogens is 2. The Morgan fingerprint density at radius 1 is 1.60 bits per heavy atom. The Hall–Kier alpha value is -0.840. The highest BCUT2D eigenvalue weighted by Gasteiger charge is 2.10. The third-order valence-corrected chi connectivity index (χ3v) is 2.24. The summed E-state index contributed by atoms with van der Waals surface area (Å²) in [6.45, 7) is 2.08. The molecule has 0 bridgehead atoms. The number of anilines is 1. The second kappa shape index (κ2) is 5.30. The minimum atomic E-state index is -0.188. The zero-order valence-corrected chi connectivity index (χ0v) is 9.69. The molecule has 6 heteroatoms. The van der Waals surface area contributed by atoms with Crippen LogP contribution in [-0.4, -0.2) is 17.4 Å². The molecule has 0 fully saturated rings. The molecule has 0 atom stereocenters. The van der Waals surface area contributed by atoms with E-state index in [1.165, 1.54) is 0 Å². The van der Waals surface area contributed by atoms with Crippen molar-refractivity contribution in [2.45, 2.75) is 13.3 Å². The molecule has 1 heterocycles. The first-order valence-corrected chi connectivity index (χ1v) is 5.12. The lowest BCUT2D eigenvalue weighted by atomic mass is 10.2. The Morgan fingerprint density at radius 2 is 2.27 bits per heavy atom. The summed E-state index contributed by atoms with van der Waals surface area (Å²) in [6.07, 6.45) is 0.248. The minimum absolute atomic E-state index is 0.186. The van der Waals surface area contributed by atoms with Gasteiger partial charge in [-0.15, -0.1) is 0 Å². The van der Waals surface area contributed by atoms with Crippen LogP contribution in [0.5, 0.6) is 0 Å². The Kier molecular flexibility index (Phi) is 4.32. The van der Waals surface area contributed by atoms with E-state index < -0.39 is 0 Å². The van der Waals surface area contributed by atoms with Crippen LogP contribution in [0.2, 0.25) is 10.3 Å². The number of nitrogens with two attached hydrogens (primary N) is 1. The zero-order valence-electron chi connectivity index (χ0n) is 8.18. The monoisotopic (exact) mass is 247 g/mol. The number of carbonyl (C=O) groups is 1. The highest BCUT2D eigenvalue weighted by atomic mass is 35.5. The van der Waals surface area contributed by atoms with Gasteiger partial charge in [-0.25, -0.2) is 4.98 Å². The fourth-order valence-electron chi connectivity index (χ4n) is 1.08. The van der Waals surface area contributed by atoms with E-state index in [0.717, 1.165) is 5.56 Å². The first-order chi connectivity index (χ1) is 7.04. The number of rotatable bonds is 3. The molecule has 0 aromatic carbocycles. The average Bonchev–Trinajstić information content (AvgIpc) is 2.11. The molecule has 0 saturated heterocycles. The second-order valence-corrected chi connectivity index (χ2v) is 3.76. The summed E-state index contributed by atoms with van der Waals surface area (Å²) in [5.74, 6) is -0.188. The molecule has 1 aromatic heterocycles. The van der Waals surface area contributed by atoms with Crippen molar-refractivity contribution < 1.29 is 4.79 Å². The zero-order chi connectivity index (χ0) is 11.4. The van der Waals surface area contributed by atoms with Gasteiger partial charge in [-0.05, 0) is 18.6 Å². The molecule has 0 aliphatic rings. The molecule has 0 aliphatic heterocycles. The first kappa shape index (κ1) is 12.2. The van der Waals surface area contributed by atoms with Crippen molar-refractivity contribution >= 4 is 34.8 Å². The maximum atomic E-state index is 11.3. The molecule has 1 amide bonds. The van der Waals surface area contributed by atoms with Crippen molar-refractivity contribution in [3.63, 3.8) is 0 Å². The summed E-state index contributed by atoms with van der Waals surface area (Å²) < 4.78 is 0. The van der Waals surface area contributed by atoms with Gasteiger partial charge in [0.25, 0.3) is 0 Å². The highest BCUT2D eigenvalue weighted by Crippen LogP contribution is 2.26. The van der Waals surface area contributed by atoms with Crippen LogP contribution in [0, 0.1) is 6.92 Å². The Bertz CT molecular complexity index is 359. The molecular formula is C9H11Cl2N3O. The summed E-state index contributed by atoms with van der Waals surface area (Å²) in [5.41, 5.74) is 6.51. The summed E-state index contributed by atoms with van der Waals surface area (Å²) in [4.78, 5) is 15.1. The number of amides is 1.